The Bertz CT molecular complexity index is 984. The topological polar surface area (TPSA) is 223 Å². The average molecular weight is 468 g/mol. The van der Waals surface area contributed by atoms with Gasteiger partial charge in [-0.25, -0.2) is 17.9 Å². The second kappa shape index (κ2) is 9.96. The van der Waals surface area contributed by atoms with Crippen molar-refractivity contribution in [1.82, 2.24) is 35.5 Å². The molecule has 2 saturated heterocycles. The van der Waals surface area contributed by atoms with Crippen LogP contribution in [0, 0.1) is 0 Å². The van der Waals surface area contributed by atoms with Crippen LogP contribution in [0.2, 0.25) is 0 Å². The van der Waals surface area contributed by atoms with E-state index in [0.717, 1.165) is 9.58 Å². The molecule has 3 heterocycles. The molecule has 0 aliphatic carbocycles. The molecule has 18 heteroatoms. The van der Waals surface area contributed by atoms with Gasteiger partial charge in [0.2, 0.25) is 22.2 Å². The number of Topliss-reactive ketones (excluding diaryl/α,β-unsaturated/α-hetero) is 1. The van der Waals surface area contributed by atoms with Gasteiger partial charge in [-0.1, -0.05) is 0 Å². The number of carbonyl (C=O) groups is 4. The van der Waals surface area contributed by atoms with Crippen LogP contribution in [0.1, 0.15) is 18.7 Å². The molecule has 0 aromatic carbocycles. The summed E-state index contributed by atoms with van der Waals surface area (Å²) >= 11 is 0. The number of nitrogens with one attached hydrogen (secondary N) is 1. The van der Waals surface area contributed by atoms with Gasteiger partial charge in [0.25, 0.3) is 0 Å². The van der Waals surface area contributed by atoms with Crippen molar-refractivity contribution >= 4 is 34.0 Å². The van der Waals surface area contributed by atoms with Gasteiger partial charge in [0.15, 0.2) is 11.6 Å². The third kappa shape index (κ3) is 6.17. The Morgan fingerprint density at radius 3 is 2.65 bits per heavy atom. The molecular formula is C13H17N8NaO8S. The molecule has 1 aromatic heterocycles. The van der Waals surface area contributed by atoms with Crippen LogP contribution in [0.4, 0.5) is 4.79 Å². The smallest absolute Gasteiger partial charge is 0.724 e. The number of hydroxylamine groups is 2. The van der Waals surface area contributed by atoms with E-state index in [1.807, 2.05) is 0 Å². The summed E-state index contributed by atoms with van der Waals surface area (Å²) in [5.41, 5.74) is 5.06. The summed E-state index contributed by atoms with van der Waals surface area (Å²) in [5, 5.41) is 13.4. The molecular weight excluding hydrogens is 451 g/mol. The number of primary amides is 1. The molecule has 3 rings (SSSR count). The van der Waals surface area contributed by atoms with Crippen LogP contribution in [0.3, 0.4) is 0 Å². The fourth-order valence-electron chi connectivity index (χ4n) is 3.26. The first-order valence-corrected chi connectivity index (χ1v) is 9.96. The molecule has 0 saturated carbocycles. The third-order valence-corrected chi connectivity index (χ3v) is 4.86. The second-order valence-corrected chi connectivity index (χ2v) is 7.61. The van der Waals surface area contributed by atoms with Crippen LogP contribution in [0.15, 0.2) is 0 Å². The number of hydrogen-bond acceptors (Lipinski definition) is 11. The number of aromatic nitrogens is 4. The van der Waals surface area contributed by atoms with Gasteiger partial charge in [0, 0.05) is 6.54 Å². The summed E-state index contributed by atoms with van der Waals surface area (Å²) in [6, 6.07) is -2.55. The maximum atomic E-state index is 12.4. The van der Waals surface area contributed by atoms with Gasteiger partial charge in [0.1, 0.15) is 12.6 Å². The van der Waals surface area contributed by atoms with E-state index < -0.39 is 52.7 Å². The van der Waals surface area contributed by atoms with Gasteiger partial charge < -0.3 is 20.5 Å². The van der Waals surface area contributed by atoms with Crippen molar-refractivity contribution in [1.29, 1.82) is 0 Å². The van der Waals surface area contributed by atoms with Crippen molar-refractivity contribution in [3.63, 3.8) is 0 Å². The molecule has 164 valence electrons. The summed E-state index contributed by atoms with van der Waals surface area (Å²) in [6.45, 7) is -0.707. The predicted molar refractivity (Wildman–Crippen MR) is 90.3 cm³/mol. The zero-order valence-corrected chi connectivity index (χ0v) is 19.1. The second-order valence-electron chi connectivity index (χ2n) is 6.64. The molecule has 4 amide bonds. The van der Waals surface area contributed by atoms with E-state index in [0.29, 0.717) is 5.06 Å². The minimum atomic E-state index is -5.14. The first-order chi connectivity index (χ1) is 14.0. The molecule has 2 atom stereocenters. The van der Waals surface area contributed by atoms with Crippen LogP contribution in [-0.4, -0.2) is 91.9 Å². The predicted octanol–water partition coefficient (Wildman–Crippen LogP) is -6.95. The Labute approximate surface area is 197 Å². The minimum Gasteiger partial charge on any atom is -0.724 e. The summed E-state index contributed by atoms with van der Waals surface area (Å²) in [6.07, 6.45) is 0.153. The monoisotopic (exact) mass is 468 g/mol. The molecule has 16 nitrogen and oxygen atoms in total. The van der Waals surface area contributed by atoms with Gasteiger partial charge in [0.05, 0.1) is 19.0 Å². The van der Waals surface area contributed by atoms with Gasteiger partial charge in [-0.05, 0) is 23.3 Å². The van der Waals surface area contributed by atoms with E-state index in [1.54, 1.807) is 0 Å². The molecule has 0 radical (unpaired) electrons. The number of tetrazole rings is 1. The Hall–Kier alpha value is -2.18. The van der Waals surface area contributed by atoms with Crippen molar-refractivity contribution in [2.75, 3.05) is 13.1 Å². The van der Waals surface area contributed by atoms with Crippen molar-refractivity contribution in [2.24, 2.45) is 5.73 Å². The van der Waals surface area contributed by atoms with Gasteiger partial charge in [-0.3, -0.25) is 14.4 Å². The van der Waals surface area contributed by atoms with Gasteiger partial charge in [-0.15, -0.1) is 5.10 Å². The van der Waals surface area contributed by atoms with E-state index in [4.69, 9.17) is 5.73 Å². The van der Waals surface area contributed by atoms with E-state index in [-0.39, 0.29) is 67.7 Å². The zero-order chi connectivity index (χ0) is 22.1. The molecule has 3 N–H and O–H groups in total. The fraction of sp³-hybridized carbons (Fsp3) is 0.615. The molecule has 2 aliphatic rings. The molecule has 2 aliphatic heterocycles. The first-order valence-electron chi connectivity index (χ1n) is 8.63. The van der Waals surface area contributed by atoms with E-state index in [1.165, 1.54) is 0 Å². The van der Waals surface area contributed by atoms with Crippen molar-refractivity contribution in [3.05, 3.63) is 5.82 Å². The van der Waals surface area contributed by atoms with Crippen LogP contribution in [-0.2, 0) is 42.0 Å². The Kier molecular flexibility index (Phi) is 8.06. The number of piperidine rings is 1. The zero-order valence-electron chi connectivity index (χ0n) is 16.3. The van der Waals surface area contributed by atoms with E-state index in [9.17, 15) is 32.1 Å². The number of ketones is 1. The normalized spacial score (nSPS) is 20.4. The number of nitrogens with two attached hydrogens (primary N) is 1. The molecule has 2 bridgehead atoms. The molecule has 1 aromatic rings. The number of rotatable bonds is 9. The molecule has 31 heavy (non-hydrogen) atoms. The maximum Gasteiger partial charge on any atom is 1.00 e. The fourth-order valence-corrected chi connectivity index (χ4v) is 3.64. The maximum absolute atomic E-state index is 12.4. The van der Waals surface area contributed by atoms with Crippen LogP contribution < -0.4 is 40.6 Å². The number of nitrogens with zero attached hydrogens (tertiary/aromatic N) is 6. The quantitative estimate of drug-likeness (QED) is 0.197. The van der Waals surface area contributed by atoms with Crippen molar-refractivity contribution < 1.29 is 66.0 Å². The Balaban J connectivity index is 0.00000341. The standard InChI is InChI=1S/C13H18N8O8S.Na/c14-10(23)3-11-16-17-18-20(11)6-8(22)4-15-12(24)9-2-1-7-5-19(9)13(25)21(7)29-30(26,27)28;/h7,9H,1-6H2,(H2,14,23)(H,15,24)(H,26,27,28);/q;+1/p-1/t7-,9+;/m1./s1. The number of urea groups is 1. The molecule has 0 spiro atoms. The summed E-state index contributed by atoms with van der Waals surface area (Å²) in [7, 11) is -5.14. The Morgan fingerprint density at radius 1 is 1.29 bits per heavy atom. The minimum absolute atomic E-state index is 0. The third-order valence-electron chi connectivity index (χ3n) is 4.52. The SMILES string of the molecule is NC(=O)Cc1nnnn1CC(=O)CNC(=O)[C@@H]1CC[C@@H]2CN1C(=O)N2OS(=O)(=O)[O-].[Na+]. The van der Waals surface area contributed by atoms with Crippen LogP contribution >= 0.6 is 0 Å². The Morgan fingerprint density at radius 2 is 2.00 bits per heavy atom. The number of hydrogen-bond donors (Lipinski definition) is 2. The van der Waals surface area contributed by atoms with E-state index in [2.05, 4.69) is 25.1 Å². The number of fused-ring (bicyclic) bond motifs is 2. The van der Waals surface area contributed by atoms with Crippen LogP contribution in [0.5, 0.6) is 0 Å². The van der Waals surface area contributed by atoms with E-state index >= 15 is 0 Å². The summed E-state index contributed by atoms with van der Waals surface area (Å²) < 4.78 is 37.6. The van der Waals surface area contributed by atoms with Crippen LogP contribution in [0.25, 0.3) is 0 Å². The van der Waals surface area contributed by atoms with Gasteiger partial charge >= 0.3 is 35.6 Å². The summed E-state index contributed by atoms with van der Waals surface area (Å²) in [4.78, 5) is 48.9. The van der Waals surface area contributed by atoms with Crippen molar-refractivity contribution in [3.8, 4) is 0 Å². The van der Waals surface area contributed by atoms with Gasteiger partial charge in [-0.2, -0.15) is 9.35 Å². The number of amides is 4. The largest absolute Gasteiger partial charge is 1.00 e. The molecule has 2 fully saturated rings. The average Bonchev–Trinajstić information content (AvgIpc) is 3.16. The number of carbonyl (C=O) groups excluding carboxylic acids is 4. The first kappa shape index (κ1) is 25.1. The summed E-state index contributed by atoms with van der Waals surface area (Å²) in [5.74, 6) is -1.70. The molecule has 0 unspecified atom stereocenters. The van der Waals surface area contributed by atoms with Crippen molar-refractivity contribution in [2.45, 2.75) is 37.9 Å².